The summed E-state index contributed by atoms with van der Waals surface area (Å²) in [4.78, 5) is 12.0. The van der Waals surface area contributed by atoms with Crippen LogP contribution in [-0.4, -0.2) is 15.6 Å². The van der Waals surface area contributed by atoms with Crippen molar-refractivity contribution in [1.82, 2.24) is 9.78 Å². The molecule has 2 aromatic rings. The standard InChI is InChI=1S/C15H12ClF3N2O/c1-9-3-5-10(6-4-9)12(22)8-7-11-13(15(17,18)19)20-21(2)14(11)16/h3-8H,1-2H3/b8-7+. The third-order valence-electron chi connectivity index (χ3n) is 3.02. The molecule has 0 aliphatic heterocycles. The first kappa shape index (κ1) is 16.3. The Morgan fingerprint density at radius 2 is 1.86 bits per heavy atom. The van der Waals surface area contributed by atoms with Crippen molar-refractivity contribution < 1.29 is 18.0 Å². The highest BCUT2D eigenvalue weighted by Gasteiger charge is 2.37. The Morgan fingerprint density at radius 1 is 1.27 bits per heavy atom. The second-order valence-corrected chi connectivity index (χ2v) is 5.10. The average Bonchev–Trinajstić information content (AvgIpc) is 2.73. The molecule has 0 fully saturated rings. The van der Waals surface area contributed by atoms with Gasteiger partial charge in [-0.25, -0.2) is 0 Å². The van der Waals surface area contributed by atoms with Gasteiger partial charge >= 0.3 is 6.18 Å². The maximum absolute atomic E-state index is 12.9. The third kappa shape index (κ3) is 3.39. The third-order valence-corrected chi connectivity index (χ3v) is 3.47. The lowest BCUT2D eigenvalue weighted by molar-refractivity contribution is -0.141. The Morgan fingerprint density at radius 3 is 2.41 bits per heavy atom. The average molecular weight is 329 g/mol. The number of carbonyl (C=O) groups is 1. The van der Waals surface area contributed by atoms with Gasteiger partial charge in [0.1, 0.15) is 5.15 Å². The molecule has 7 heteroatoms. The number of allylic oxidation sites excluding steroid dienone is 1. The van der Waals surface area contributed by atoms with E-state index in [1.165, 1.54) is 7.05 Å². The van der Waals surface area contributed by atoms with Crippen LogP contribution in [0.2, 0.25) is 5.15 Å². The zero-order valence-corrected chi connectivity index (χ0v) is 12.5. The van der Waals surface area contributed by atoms with E-state index < -0.39 is 17.7 Å². The van der Waals surface area contributed by atoms with Crippen molar-refractivity contribution in [3.63, 3.8) is 0 Å². The maximum Gasteiger partial charge on any atom is 0.435 e. The molecule has 1 aromatic heterocycles. The van der Waals surface area contributed by atoms with Crippen LogP contribution in [0.25, 0.3) is 6.08 Å². The predicted molar refractivity (Wildman–Crippen MR) is 77.8 cm³/mol. The van der Waals surface area contributed by atoms with Gasteiger partial charge in [0.15, 0.2) is 11.5 Å². The number of benzene rings is 1. The van der Waals surface area contributed by atoms with Crippen LogP contribution in [0.1, 0.15) is 27.2 Å². The first-order chi connectivity index (χ1) is 10.2. The Kier molecular flexibility index (Phi) is 4.42. The molecular weight excluding hydrogens is 317 g/mol. The highest BCUT2D eigenvalue weighted by molar-refractivity contribution is 6.31. The van der Waals surface area contributed by atoms with Gasteiger partial charge in [-0.05, 0) is 19.1 Å². The second-order valence-electron chi connectivity index (χ2n) is 4.74. The Hall–Kier alpha value is -2.08. The van der Waals surface area contributed by atoms with Gasteiger partial charge in [0, 0.05) is 18.2 Å². The molecule has 2 rings (SSSR count). The lowest BCUT2D eigenvalue weighted by Crippen LogP contribution is -2.08. The Balaban J connectivity index is 2.34. The summed E-state index contributed by atoms with van der Waals surface area (Å²) >= 11 is 5.81. The van der Waals surface area contributed by atoms with Gasteiger partial charge < -0.3 is 0 Å². The van der Waals surface area contributed by atoms with Gasteiger partial charge in [-0.1, -0.05) is 41.4 Å². The van der Waals surface area contributed by atoms with E-state index in [1.54, 1.807) is 24.3 Å². The number of aryl methyl sites for hydroxylation is 2. The van der Waals surface area contributed by atoms with Crippen molar-refractivity contribution in [3.05, 3.63) is 57.9 Å². The fourth-order valence-corrected chi connectivity index (χ4v) is 2.04. The normalized spacial score (nSPS) is 12.1. The molecule has 0 N–H and O–H groups in total. The monoisotopic (exact) mass is 328 g/mol. The Bertz CT molecular complexity index is 730. The first-order valence-corrected chi connectivity index (χ1v) is 6.66. The number of alkyl halides is 3. The van der Waals surface area contributed by atoms with Crippen molar-refractivity contribution in [1.29, 1.82) is 0 Å². The maximum atomic E-state index is 12.9. The number of hydrogen-bond acceptors (Lipinski definition) is 2. The van der Waals surface area contributed by atoms with Gasteiger partial charge in [0.25, 0.3) is 0 Å². The molecule has 0 saturated heterocycles. The van der Waals surface area contributed by atoms with Crippen molar-refractivity contribution in [2.45, 2.75) is 13.1 Å². The molecule has 0 unspecified atom stereocenters. The minimum absolute atomic E-state index is 0.180. The van der Waals surface area contributed by atoms with Crippen molar-refractivity contribution in [2.24, 2.45) is 7.05 Å². The molecule has 1 aromatic carbocycles. The van der Waals surface area contributed by atoms with E-state index in [0.717, 1.165) is 22.4 Å². The van der Waals surface area contributed by atoms with E-state index in [4.69, 9.17) is 11.6 Å². The zero-order valence-electron chi connectivity index (χ0n) is 11.8. The van der Waals surface area contributed by atoms with E-state index >= 15 is 0 Å². The summed E-state index contributed by atoms with van der Waals surface area (Å²) in [7, 11) is 1.30. The van der Waals surface area contributed by atoms with Gasteiger partial charge in [0.2, 0.25) is 0 Å². The lowest BCUT2D eigenvalue weighted by Gasteiger charge is -2.03. The molecule has 0 atom stereocenters. The van der Waals surface area contributed by atoms with Crippen LogP contribution < -0.4 is 0 Å². The van der Waals surface area contributed by atoms with Gasteiger partial charge in [0.05, 0.1) is 0 Å². The number of halogens is 4. The van der Waals surface area contributed by atoms with E-state index in [2.05, 4.69) is 5.10 Å². The van der Waals surface area contributed by atoms with Gasteiger partial charge in [-0.15, -0.1) is 0 Å². The minimum atomic E-state index is -4.64. The lowest BCUT2D eigenvalue weighted by atomic mass is 10.1. The quantitative estimate of drug-likeness (QED) is 0.622. The summed E-state index contributed by atoms with van der Waals surface area (Å²) in [5.41, 5.74) is -0.0734. The second kappa shape index (κ2) is 5.96. The van der Waals surface area contributed by atoms with Crippen LogP contribution in [0.15, 0.2) is 30.3 Å². The van der Waals surface area contributed by atoms with Crippen LogP contribution in [0.3, 0.4) is 0 Å². The van der Waals surface area contributed by atoms with Crippen molar-refractivity contribution in [3.8, 4) is 0 Å². The molecule has 0 aliphatic rings. The van der Waals surface area contributed by atoms with Crippen LogP contribution in [0.4, 0.5) is 13.2 Å². The predicted octanol–water partition coefficient (Wildman–Crippen LogP) is 4.30. The summed E-state index contributed by atoms with van der Waals surface area (Å²) in [5, 5.41) is 3.16. The Labute approximate surface area is 130 Å². The molecule has 0 spiro atoms. The SMILES string of the molecule is Cc1ccc(C(=O)/C=C/c2c(C(F)(F)F)nn(C)c2Cl)cc1. The topological polar surface area (TPSA) is 34.9 Å². The summed E-state index contributed by atoms with van der Waals surface area (Å²) in [5.74, 6) is -0.409. The fourth-order valence-electron chi connectivity index (χ4n) is 1.85. The van der Waals surface area contributed by atoms with Gasteiger partial charge in [-0.2, -0.15) is 18.3 Å². The number of aromatic nitrogens is 2. The summed E-state index contributed by atoms with van der Waals surface area (Å²) in [6.45, 7) is 1.87. The number of carbonyl (C=O) groups excluding carboxylic acids is 1. The smallest absolute Gasteiger partial charge is 0.289 e. The molecule has 0 saturated carbocycles. The highest BCUT2D eigenvalue weighted by atomic mass is 35.5. The minimum Gasteiger partial charge on any atom is -0.289 e. The largest absolute Gasteiger partial charge is 0.435 e. The first-order valence-electron chi connectivity index (χ1n) is 6.29. The van der Waals surface area contributed by atoms with Crippen LogP contribution in [0, 0.1) is 6.92 Å². The molecule has 1 heterocycles. The van der Waals surface area contributed by atoms with Crippen molar-refractivity contribution >= 4 is 23.5 Å². The molecule has 0 amide bonds. The van der Waals surface area contributed by atoms with Crippen molar-refractivity contribution in [2.75, 3.05) is 0 Å². The fraction of sp³-hybridized carbons (Fsp3) is 0.200. The highest BCUT2D eigenvalue weighted by Crippen LogP contribution is 2.34. The van der Waals surface area contributed by atoms with E-state index in [-0.39, 0.29) is 10.7 Å². The van der Waals surface area contributed by atoms with Crippen LogP contribution in [0.5, 0.6) is 0 Å². The number of hydrogen-bond donors (Lipinski definition) is 0. The summed E-state index contributed by atoms with van der Waals surface area (Å²) in [6, 6.07) is 6.72. The summed E-state index contributed by atoms with van der Waals surface area (Å²) < 4.78 is 39.6. The van der Waals surface area contributed by atoms with E-state index in [0.29, 0.717) is 5.56 Å². The van der Waals surface area contributed by atoms with Crippen LogP contribution in [-0.2, 0) is 13.2 Å². The molecule has 22 heavy (non-hydrogen) atoms. The molecule has 116 valence electrons. The number of ketones is 1. The van der Waals surface area contributed by atoms with E-state index in [9.17, 15) is 18.0 Å². The zero-order chi connectivity index (χ0) is 16.5. The molecule has 0 radical (unpaired) electrons. The number of nitrogens with zero attached hydrogens (tertiary/aromatic N) is 2. The molecular formula is C15H12ClF3N2O. The molecule has 0 aliphatic carbocycles. The van der Waals surface area contributed by atoms with Crippen LogP contribution >= 0.6 is 11.6 Å². The van der Waals surface area contributed by atoms with E-state index in [1.807, 2.05) is 6.92 Å². The summed E-state index contributed by atoms with van der Waals surface area (Å²) in [6.07, 6.45) is -2.54. The number of rotatable bonds is 3. The molecule has 0 bridgehead atoms. The van der Waals surface area contributed by atoms with Gasteiger partial charge in [-0.3, -0.25) is 9.48 Å². The molecule has 3 nitrogen and oxygen atoms in total.